The lowest BCUT2D eigenvalue weighted by Gasteiger charge is -2.41. The van der Waals surface area contributed by atoms with Crippen LogP contribution in [0.1, 0.15) is 115 Å². The fourth-order valence-electron chi connectivity index (χ4n) is 12.6. The summed E-state index contributed by atoms with van der Waals surface area (Å²) in [5.74, 6) is -2.66. The molecule has 81 heavy (non-hydrogen) atoms. The quantitative estimate of drug-likeness (QED) is 0.0261. The van der Waals surface area contributed by atoms with Gasteiger partial charge in [0.1, 0.15) is 0 Å². The Kier molecular flexibility index (Phi) is 19.4. The number of amides is 2. The lowest BCUT2D eigenvalue weighted by atomic mass is 9.64. The number of nitrogens with one attached hydrogen (secondary N) is 3. The van der Waals surface area contributed by atoms with E-state index in [1.54, 1.807) is 6.08 Å². The largest absolute Gasteiger partial charge is 0.481 e. The van der Waals surface area contributed by atoms with E-state index in [9.17, 15) is 29.4 Å². The van der Waals surface area contributed by atoms with Crippen LogP contribution in [0.5, 0.6) is 0 Å². The molecule has 2 aliphatic heterocycles. The van der Waals surface area contributed by atoms with Gasteiger partial charge in [-0.25, -0.2) is 0 Å². The van der Waals surface area contributed by atoms with E-state index in [2.05, 4.69) is 177 Å². The molecule has 0 saturated carbocycles. The van der Waals surface area contributed by atoms with Gasteiger partial charge in [-0.3, -0.25) is 19.2 Å². The second-order valence-electron chi connectivity index (χ2n) is 22.3. The summed E-state index contributed by atoms with van der Waals surface area (Å²) in [5, 5.41) is 33.6. The van der Waals surface area contributed by atoms with Gasteiger partial charge in [-0.15, -0.1) is 0 Å². The molecule has 11 nitrogen and oxygen atoms in total. The number of anilines is 4. The maximum absolute atomic E-state index is 14.1. The Bertz CT molecular complexity index is 3430. The molecule has 0 bridgehead atoms. The van der Waals surface area contributed by atoms with Gasteiger partial charge in [0.05, 0.1) is 24.3 Å². The summed E-state index contributed by atoms with van der Waals surface area (Å²) in [5.41, 5.74) is 8.75. The molecule has 1 unspecified atom stereocenters. The highest BCUT2D eigenvalue weighted by Crippen LogP contribution is 2.53. The van der Waals surface area contributed by atoms with Gasteiger partial charge in [-0.1, -0.05) is 187 Å². The fraction of sp³-hybridized carbons (Fsp3) is 0.338. The number of carboxylic acid groups (broad SMARTS) is 2. The highest BCUT2D eigenvalue weighted by Gasteiger charge is 2.44. The van der Waals surface area contributed by atoms with Crippen molar-refractivity contribution in [3.8, 4) is 0 Å². The van der Waals surface area contributed by atoms with Crippen molar-refractivity contribution < 1.29 is 29.4 Å². The topological polar surface area (TPSA) is 151 Å². The summed E-state index contributed by atoms with van der Waals surface area (Å²) in [7, 11) is 2.07. The van der Waals surface area contributed by atoms with E-state index < -0.39 is 40.0 Å². The molecule has 0 saturated heterocycles. The highest BCUT2D eigenvalue weighted by molar-refractivity contribution is 8.23. The summed E-state index contributed by atoms with van der Waals surface area (Å²) in [4.78, 5) is 56.7. The molecule has 2 atom stereocenters. The van der Waals surface area contributed by atoms with E-state index >= 15 is 0 Å². The first-order valence-electron chi connectivity index (χ1n) is 28.4. The van der Waals surface area contributed by atoms with Crippen molar-refractivity contribution in [1.82, 2.24) is 5.32 Å². The third kappa shape index (κ3) is 13.0. The number of hydrogen-bond donors (Lipinski definition) is 5. The minimum absolute atomic E-state index is 0.0151. The molecular formula is C68H77N5O6S2. The number of carboxylic acids is 2. The predicted molar refractivity (Wildman–Crippen MR) is 340 cm³/mol. The third-order valence-electron chi connectivity index (χ3n) is 16.6. The second kappa shape index (κ2) is 26.4. The van der Waals surface area contributed by atoms with Crippen molar-refractivity contribution in [2.45, 2.75) is 116 Å². The molecule has 422 valence electrons. The maximum atomic E-state index is 14.1. The lowest BCUT2D eigenvalue weighted by molar-refractivity contribution is -0.137. The number of carbonyl (C=O) groups excluding carboxylic acids is 2. The number of aliphatic carboxylic acids is 2. The summed E-state index contributed by atoms with van der Waals surface area (Å²) >= 11 is 6.43. The lowest BCUT2D eigenvalue weighted by Crippen LogP contribution is -2.35. The molecule has 8 rings (SSSR count). The summed E-state index contributed by atoms with van der Waals surface area (Å²) in [6.45, 7) is 13.5. The number of hydrogen-bond acceptors (Lipinski definition) is 9. The number of thioether (sulfide) groups is 1. The number of unbranched alkanes of at least 4 members (excludes halogenated alkanes) is 2. The minimum atomic E-state index is -0.907. The molecule has 5 N–H and O–H groups in total. The van der Waals surface area contributed by atoms with Gasteiger partial charge in [0.2, 0.25) is 5.91 Å². The molecular weight excluding hydrogens is 1050 g/mol. The zero-order valence-corrected chi connectivity index (χ0v) is 49.4. The van der Waals surface area contributed by atoms with Crippen LogP contribution in [0.3, 0.4) is 0 Å². The highest BCUT2D eigenvalue weighted by atomic mass is 32.2. The molecule has 6 aromatic carbocycles. The van der Waals surface area contributed by atoms with Gasteiger partial charge in [-0.2, -0.15) is 0 Å². The van der Waals surface area contributed by atoms with Gasteiger partial charge in [-0.05, 0) is 124 Å². The number of nitrogens with zero attached hydrogens (tertiary/aromatic N) is 2. The molecule has 0 spiro atoms. The van der Waals surface area contributed by atoms with Crippen LogP contribution in [0, 0.1) is 5.92 Å². The zero-order valence-electron chi connectivity index (χ0n) is 47.8. The monoisotopic (exact) mass is 1120 g/mol. The van der Waals surface area contributed by atoms with E-state index in [1.165, 1.54) is 26.8 Å². The van der Waals surface area contributed by atoms with Crippen molar-refractivity contribution >= 4 is 96.7 Å². The van der Waals surface area contributed by atoms with Crippen molar-refractivity contribution in [3.63, 3.8) is 0 Å². The van der Waals surface area contributed by atoms with E-state index in [-0.39, 0.29) is 31.8 Å². The smallest absolute Gasteiger partial charge is 0.305 e. The van der Waals surface area contributed by atoms with Gasteiger partial charge in [0.25, 0.3) is 5.91 Å². The van der Waals surface area contributed by atoms with Gasteiger partial charge in [0.15, 0.2) is 0 Å². The zero-order chi connectivity index (χ0) is 57.9. The Balaban J connectivity index is 1.08. The van der Waals surface area contributed by atoms with Crippen LogP contribution in [0.2, 0.25) is 0 Å². The number of allylic oxidation sites excluding steroid dienone is 7. The van der Waals surface area contributed by atoms with Crippen LogP contribution in [0.25, 0.3) is 21.5 Å². The van der Waals surface area contributed by atoms with Crippen LogP contribution in [-0.2, 0) is 41.8 Å². The Morgan fingerprint density at radius 3 is 2.02 bits per heavy atom. The van der Waals surface area contributed by atoms with Gasteiger partial charge in [0, 0.05) is 75.2 Å². The number of likely N-dealkylation sites (N-methyl/N-ethyl adjacent to an activating group) is 1. The Labute approximate surface area is 487 Å². The molecule has 0 radical (unpaired) electrons. The molecule has 0 aromatic heterocycles. The van der Waals surface area contributed by atoms with E-state index in [4.69, 9.17) is 12.2 Å². The van der Waals surface area contributed by atoms with Crippen LogP contribution in [0.4, 0.5) is 22.7 Å². The van der Waals surface area contributed by atoms with Crippen molar-refractivity contribution in [3.05, 3.63) is 190 Å². The number of fused-ring (bicyclic) bond motifs is 6. The van der Waals surface area contributed by atoms with Crippen molar-refractivity contribution in [2.75, 3.05) is 47.1 Å². The normalized spacial score (nSPS) is 17.2. The SMILES string of the molecule is CCCCC(CCCC)(c1cc(NC(=O)CNC(=O)/C(=C\C=C2/N(C)c3ccc4ccccc4c3C2(C)Cc2ccccc2)SC=S)ccc1NCCC(=O)O)[C@H](C)/C=C/C=C1/N(CCC(=O)O)c2ccc3ccccc3c2C1(C)C. The van der Waals surface area contributed by atoms with E-state index in [0.29, 0.717) is 17.1 Å². The second-order valence-corrected chi connectivity index (χ2v) is 23.7. The van der Waals surface area contributed by atoms with Crippen LogP contribution < -0.4 is 25.8 Å². The molecule has 13 heteroatoms. The number of thiocarbonyl (C=S) groups is 1. The fourth-order valence-corrected chi connectivity index (χ4v) is 13.3. The van der Waals surface area contributed by atoms with E-state index in [1.807, 2.05) is 42.5 Å². The Hall–Kier alpha value is -7.48. The van der Waals surface area contributed by atoms with Crippen LogP contribution in [0.15, 0.2) is 168 Å². The molecule has 0 fully saturated rings. The molecule has 2 aliphatic rings. The van der Waals surface area contributed by atoms with E-state index in [0.717, 1.165) is 107 Å². The first kappa shape index (κ1) is 59.6. The average Bonchev–Trinajstić information content (AvgIpc) is 3.96. The van der Waals surface area contributed by atoms with Gasteiger partial charge < -0.3 is 36.0 Å². The predicted octanol–water partition coefficient (Wildman–Crippen LogP) is 15.0. The van der Waals surface area contributed by atoms with Crippen LogP contribution >= 0.6 is 24.0 Å². The minimum Gasteiger partial charge on any atom is -0.481 e. The Morgan fingerprint density at radius 1 is 0.753 bits per heavy atom. The van der Waals surface area contributed by atoms with Crippen molar-refractivity contribution in [2.24, 2.45) is 5.92 Å². The molecule has 6 aromatic rings. The summed E-state index contributed by atoms with van der Waals surface area (Å²) in [6, 6.07) is 41.5. The van der Waals surface area contributed by atoms with Crippen molar-refractivity contribution in [1.29, 1.82) is 0 Å². The summed E-state index contributed by atoms with van der Waals surface area (Å²) in [6.07, 6.45) is 16.4. The first-order valence-corrected chi connectivity index (χ1v) is 29.7. The average molecular weight is 1120 g/mol. The third-order valence-corrected chi connectivity index (χ3v) is 17.6. The molecule has 2 heterocycles. The molecule has 2 amide bonds. The van der Waals surface area contributed by atoms with Crippen LogP contribution in [-0.4, -0.2) is 65.3 Å². The number of carbonyl (C=O) groups is 4. The Morgan fingerprint density at radius 2 is 1.38 bits per heavy atom. The molecule has 0 aliphatic carbocycles. The first-order chi connectivity index (χ1) is 39.0. The standard InChI is InChI=1S/C68H77N5O6S2/c1-8-10-38-68(39-11-9-2,46(3)20-19-27-58-66(4,5)63-51-25-17-15-23-48(51)29-33-56(63)73(58)41-37-62(77)78)53-42-50(30-31-54(53)69-40-36-61(75)76)71-60(74)44-70-65(79)57(81-45-80)34-35-59-67(6,43-47-21-13-12-14-22-47)64-52-26-18-16-24-49(52)28-32-55(64)72(59)7/h12-35,42,45-46,69H,8-11,36-41,43-44H2,1-7H3,(H,70,79)(H,71,74)(H,75,76)(H,77,78)/b20-19+,57-34+,58-27+,59-35-/t46-,67?/m1/s1. The number of benzene rings is 6. The number of rotatable bonds is 26. The maximum Gasteiger partial charge on any atom is 0.305 e. The summed E-state index contributed by atoms with van der Waals surface area (Å²) < 4.78 is 1.45. The van der Waals surface area contributed by atoms with Gasteiger partial charge >= 0.3 is 11.9 Å².